The van der Waals surface area contributed by atoms with E-state index in [1.807, 2.05) is 30.3 Å². The third-order valence-corrected chi connectivity index (χ3v) is 10.2. The van der Waals surface area contributed by atoms with Crippen LogP contribution in [0.15, 0.2) is 30.3 Å². The second kappa shape index (κ2) is 7.50. The van der Waals surface area contributed by atoms with Gasteiger partial charge in [0.2, 0.25) is 0 Å². The van der Waals surface area contributed by atoms with E-state index in [9.17, 15) is 4.79 Å². The summed E-state index contributed by atoms with van der Waals surface area (Å²) < 4.78 is 12.2. The monoisotopic (exact) mass is 363 g/mol. The molecule has 1 fully saturated rings. The molecule has 1 aliphatic rings. The SMILES string of the molecule is CCC1(O[Si](C)(C)C(C)(C)C)CC(OC(=O)NCc2ccccc2)C1. The van der Waals surface area contributed by atoms with Crippen molar-refractivity contribution in [2.75, 3.05) is 0 Å². The zero-order chi connectivity index (χ0) is 18.7. The van der Waals surface area contributed by atoms with E-state index in [4.69, 9.17) is 9.16 Å². The number of amides is 1. The van der Waals surface area contributed by atoms with Gasteiger partial charge in [0.15, 0.2) is 8.32 Å². The first-order chi connectivity index (χ1) is 11.6. The fourth-order valence-corrected chi connectivity index (χ4v) is 4.65. The minimum atomic E-state index is -1.82. The van der Waals surface area contributed by atoms with Crippen LogP contribution in [0.3, 0.4) is 0 Å². The quantitative estimate of drug-likeness (QED) is 0.703. The summed E-state index contributed by atoms with van der Waals surface area (Å²) in [5.74, 6) is 0. The van der Waals surface area contributed by atoms with Crippen molar-refractivity contribution in [3.63, 3.8) is 0 Å². The van der Waals surface area contributed by atoms with Crippen LogP contribution in [0.5, 0.6) is 0 Å². The third kappa shape index (κ3) is 5.08. The number of ether oxygens (including phenoxy) is 1. The van der Waals surface area contributed by atoms with Gasteiger partial charge in [0.25, 0.3) is 0 Å². The first-order valence-corrected chi connectivity index (χ1v) is 12.2. The number of alkyl carbamates (subject to hydrolysis) is 1. The highest BCUT2D eigenvalue weighted by Gasteiger charge is 2.51. The van der Waals surface area contributed by atoms with Crippen LogP contribution in [0.1, 0.15) is 52.5 Å². The first kappa shape index (κ1) is 20.0. The molecule has 1 saturated carbocycles. The minimum Gasteiger partial charge on any atom is -0.446 e. The molecule has 1 amide bonds. The Labute approximate surface area is 153 Å². The molecule has 0 aromatic heterocycles. The Bertz CT molecular complexity index is 574. The van der Waals surface area contributed by atoms with E-state index in [0.717, 1.165) is 24.8 Å². The van der Waals surface area contributed by atoms with Gasteiger partial charge in [0.05, 0.1) is 5.60 Å². The van der Waals surface area contributed by atoms with E-state index in [1.54, 1.807) is 0 Å². The molecule has 1 aromatic carbocycles. The lowest BCUT2D eigenvalue weighted by atomic mass is 9.76. The third-order valence-electron chi connectivity index (χ3n) is 5.67. The molecule has 0 saturated heterocycles. The van der Waals surface area contributed by atoms with Gasteiger partial charge >= 0.3 is 6.09 Å². The Kier molecular flexibility index (Phi) is 6.00. The zero-order valence-corrected chi connectivity index (χ0v) is 17.5. The second-order valence-electron chi connectivity index (χ2n) is 8.67. The molecular formula is C20H33NO3Si. The second-order valence-corrected chi connectivity index (χ2v) is 13.4. The van der Waals surface area contributed by atoms with E-state index in [1.165, 1.54) is 0 Å². The van der Waals surface area contributed by atoms with E-state index >= 15 is 0 Å². The molecule has 1 aromatic rings. The predicted molar refractivity (Wildman–Crippen MR) is 104 cm³/mol. The summed E-state index contributed by atoms with van der Waals surface area (Å²) in [6.45, 7) is 14.0. The maximum absolute atomic E-state index is 12.0. The minimum absolute atomic E-state index is 0.0412. The Morgan fingerprint density at radius 3 is 2.36 bits per heavy atom. The van der Waals surface area contributed by atoms with Gasteiger partial charge in [-0.2, -0.15) is 0 Å². The highest BCUT2D eigenvalue weighted by atomic mass is 28.4. The van der Waals surface area contributed by atoms with Crippen molar-refractivity contribution in [1.29, 1.82) is 0 Å². The van der Waals surface area contributed by atoms with Crippen LogP contribution >= 0.6 is 0 Å². The average Bonchev–Trinajstić information content (AvgIpc) is 2.50. The lowest BCUT2D eigenvalue weighted by Crippen LogP contribution is -2.58. The largest absolute Gasteiger partial charge is 0.446 e. The fourth-order valence-electron chi connectivity index (χ4n) is 2.96. The van der Waals surface area contributed by atoms with Crippen LogP contribution < -0.4 is 5.32 Å². The summed E-state index contributed by atoms with van der Waals surface area (Å²) in [5.41, 5.74) is 0.949. The summed E-state index contributed by atoms with van der Waals surface area (Å²) in [5, 5.41) is 3.01. The van der Waals surface area contributed by atoms with Gasteiger partial charge in [-0.1, -0.05) is 58.0 Å². The van der Waals surface area contributed by atoms with Crippen molar-refractivity contribution < 1.29 is 14.0 Å². The molecule has 0 aliphatic heterocycles. The van der Waals surface area contributed by atoms with Crippen LogP contribution in [0.4, 0.5) is 4.79 Å². The fraction of sp³-hybridized carbons (Fsp3) is 0.650. The number of rotatable bonds is 6. The number of hydrogen-bond acceptors (Lipinski definition) is 3. The number of hydrogen-bond donors (Lipinski definition) is 1. The molecule has 0 heterocycles. The van der Waals surface area contributed by atoms with E-state index in [0.29, 0.717) is 6.54 Å². The lowest BCUT2D eigenvalue weighted by molar-refractivity contribution is -0.107. The molecule has 1 N–H and O–H groups in total. The van der Waals surface area contributed by atoms with E-state index in [-0.39, 0.29) is 22.8 Å². The number of carbonyl (C=O) groups is 1. The maximum atomic E-state index is 12.0. The van der Waals surface area contributed by atoms with E-state index in [2.05, 4.69) is 46.1 Å². The van der Waals surface area contributed by atoms with Crippen molar-refractivity contribution >= 4 is 14.4 Å². The standard InChI is InChI=1S/C20H33NO3Si/c1-7-20(24-25(5,6)19(2,3)4)13-17(14-20)23-18(22)21-15-16-11-9-8-10-12-16/h8-12,17H,7,13-15H2,1-6H3,(H,21,22). The van der Waals surface area contributed by atoms with Crippen LogP contribution in [-0.4, -0.2) is 26.1 Å². The zero-order valence-electron chi connectivity index (χ0n) is 16.5. The molecule has 4 nitrogen and oxygen atoms in total. The normalized spacial score (nSPS) is 23.7. The molecule has 0 unspecified atom stereocenters. The highest BCUT2D eigenvalue weighted by Crippen LogP contribution is 2.47. The highest BCUT2D eigenvalue weighted by molar-refractivity contribution is 6.74. The topological polar surface area (TPSA) is 47.6 Å². The van der Waals surface area contributed by atoms with Crippen LogP contribution in [0.25, 0.3) is 0 Å². The molecular weight excluding hydrogens is 330 g/mol. The molecule has 2 rings (SSSR count). The summed E-state index contributed by atoms with van der Waals surface area (Å²) in [6, 6.07) is 9.85. The van der Waals surface area contributed by atoms with Gasteiger partial charge < -0.3 is 14.5 Å². The summed E-state index contributed by atoms with van der Waals surface area (Å²) in [4.78, 5) is 12.0. The van der Waals surface area contributed by atoms with Gasteiger partial charge in [-0.15, -0.1) is 0 Å². The van der Waals surface area contributed by atoms with Crippen LogP contribution in [0, 0.1) is 0 Å². The molecule has 1 aliphatic carbocycles. The maximum Gasteiger partial charge on any atom is 0.407 e. The van der Waals surface area contributed by atoms with Crippen molar-refractivity contribution in [2.45, 2.75) is 83.3 Å². The number of carbonyl (C=O) groups excluding carboxylic acids is 1. The smallest absolute Gasteiger partial charge is 0.407 e. The van der Waals surface area contributed by atoms with Crippen molar-refractivity contribution in [3.8, 4) is 0 Å². The predicted octanol–water partition coefficient (Wildman–Crippen LogP) is 5.25. The van der Waals surface area contributed by atoms with Crippen molar-refractivity contribution in [1.82, 2.24) is 5.32 Å². The molecule has 0 bridgehead atoms. The molecule has 140 valence electrons. The Hall–Kier alpha value is -1.33. The molecule has 25 heavy (non-hydrogen) atoms. The Balaban J connectivity index is 1.80. The van der Waals surface area contributed by atoms with Gasteiger partial charge in [0, 0.05) is 19.4 Å². The van der Waals surface area contributed by atoms with Crippen molar-refractivity contribution in [3.05, 3.63) is 35.9 Å². The van der Waals surface area contributed by atoms with Crippen LogP contribution in [0.2, 0.25) is 18.1 Å². The summed E-state index contributed by atoms with van der Waals surface area (Å²) >= 11 is 0. The lowest BCUT2D eigenvalue weighted by Gasteiger charge is -2.52. The first-order valence-electron chi connectivity index (χ1n) is 9.25. The van der Waals surface area contributed by atoms with E-state index < -0.39 is 8.32 Å². The molecule has 5 heteroatoms. The summed E-state index contributed by atoms with van der Waals surface area (Å²) in [6.07, 6.45) is 2.18. The average molecular weight is 364 g/mol. The van der Waals surface area contributed by atoms with Gasteiger partial charge in [-0.25, -0.2) is 4.79 Å². The Morgan fingerprint density at radius 2 is 1.84 bits per heavy atom. The number of nitrogens with one attached hydrogen (secondary N) is 1. The molecule has 0 atom stereocenters. The van der Waals surface area contributed by atoms with Gasteiger partial charge in [0.1, 0.15) is 6.10 Å². The van der Waals surface area contributed by atoms with Gasteiger partial charge in [-0.3, -0.25) is 0 Å². The number of benzene rings is 1. The van der Waals surface area contributed by atoms with Crippen LogP contribution in [-0.2, 0) is 15.7 Å². The van der Waals surface area contributed by atoms with Gasteiger partial charge in [-0.05, 0) is 30.1 Å². The molecule has 0 radical (unpaired) electrons. The van der Waals surface area contributed by atoms with Crippen molar-refractivity contribution in [2.24, 2.45) is 0 Å². The summed E-state index contributed by atoms with van der Waals surface area (Å²) in [7, 11) is -1.82. The Morgan fingerprint density at radius 1 is 1.24 bits per heavy atom. The molecule has 0 spiro atoms.